The maximum atomic E-state index is 6.48. The van der Waals surface area contributed by atoms with E-state index in [0.717, 1.165) is 55.2 Å². The number of halogens is 2. The van der Waals surface area contributed by atoms with Crippen LogP contribution in [0.15, 0.2) is 36.7 Å². The van der Waals surface area contributed by atoms with E-state index < -0.39 is 0 Å². The number of hydrogen-bond donors (Lipinski definition) is 1. The monoisotopic (exact) mass is 374 g/mol. The Balaban J connectivity index is 1.87. The molecule has 0 bridgehead atoms. The van der Waals surface area contributed by atoms with Crippen LogP contribution in [0.3, 0.4) is 0 Å². The molecular formula is C19H20Cl2N4. The second-order valence-corrected chi connectivity index (χ2v) is 7.12. The van der Waals surface area contributed by atoms with E-state index in [2.05, 4.69) is 38.8 Å². The van der Waals surface area contributed by atoms with Gasteiger partial charge in [-0.2, -0.15) is 0 Å². The van der Waals surface area contributed by atoms with Gasteiger partial charge in [-0.3, -0.25) is 4.40 Å². The maximum Gasteiger partial charge on any atom is 0.138 e. The molecule has 1 aliphatic heterocycles. The van der Waals surface area contributed by atoms with Crippen LogP contribution in [0.25, 0.3) is 16.8 Å². The highest BCUT2D eigenvalue weighted by atomic mass is 35.5. The molecule has 25 heavy (non-hydrogen) atoms. The van der Waals surface area contributed by atoms with E-state index in [-0.39, 0.29) is 0 Å². The van der Waals surface area contributed by atoms with Crippen LogP contribution in [-0.2, 0) is 6.42 Å². The lowest BCUT2D eigenvalue weighted by atomic mass is 10.0. The molecule has 0 spiro atoms. The molecule has 1 aliphatic rings. The predicted molar refractivity (Wildman–Crippen MR) is 105 cm³/mol. The number of piperazine rings is 1. The smallest absolute Gasteiger partial charge is 0.138 e. The standard InChI is InChI=1S/C19H20Cl2N4/c1-2-13-9-18-23-11-19(24-7-5-22-6-8-24)25(18)12-16(13)15-4-3-14(20)10-17(15)21/h3-4,9-12,22H,2,5-8H2,1H3. The Morgan fingerprint density at radius 3 is 2.64 bits per heavy atom. The maximum absolute atomic E-state index is 6.48. The number of benzene rings is 1. The van der Waals surface area contributed by atoms with Crippen LogP contribution >= 0.6 is 23.2 Å². The summed E-state index contributed by atoms with van der Waals surface area (Å²) in [5, 5.41) is 4.71. The highest BCUT2D eigenvalue weighted by Gasteiger charge is 2.17. The second kappa shape index (κ2) is 6.87. The number of imidazole rings is 1. The molecule has 1 fully saturated rings. The van der Waals surface area contributed by atoms with Gasteiger partial charge >= 0.3 is 0 Å². The summed E-state index contributed by atoms with van der Waals surface area (Å²) >= 11 is 12.5. The summed E-state index contributed by atoms with van der Waals surface area (Å²) in [5.74, 6) is 1.13. The molecule has 3 heterocycles. The first-order valence-corrected chi connectivity index (χ1v) is 9.34. The average Bonchev–Trinajstić information content (AvgIpc) is 3.04. The molecule has 6 heteroatoms. The van der Waals surface area contributed by atoms with Crippen molar-refractivity contribution < 1.29 is 0 Å². The summed E-state index contributed by atoms with van der Waals surface area (Å²) < 4.78 is 2.17. The van der Waals surface area contributed by atoms with E-state index in [1.807, 2.05) is 18.3 Å². The predicted octanol–water partition coefficient (Wildman–Crippen LogP) is 4.28. The third kappa shape index (κ3) is 3.10. The molecule has 0 atom stereocenters. The minimum Gasteiger partial charge on any atom is -0.354 e. The fourth-order valence-corrected chi connectivity index (χ4v) is 3.93. The number of aryl methyl sites for hydroxylation is 1. The van der Waals surface area contributed by atoms with Crippen molar-refractivity contribution >= 4 is 34.7 Å². The SMILES string of the molecule is CCc1cc2ncc(N3CCNCC3)n2cc1-c1ccc(Cl)cc1Cl. The van der Waals surface area contributed by atoms with Crippen LogP contribution in [0.4, 0.5) is 5.82 Å². The summed E-state index contributed by atoms with van der Waals surface area (Å²) in [6.45, 7) is 6.12. The van der Waals surface area contributed by atoms with E-state index in [0.29, 0.717) is 10.0 Å². The van der Waals surface area contributed by atoms with Gasteiger partial charge in [-0.15, -0.1) is 0 Å². The second-order valence-electron chi connectivity index (χ2n) is 6.27. The van der Waals surface area contributed by atoms with Gasteiger partial charge in [0.05, 0.1) is 6.20 Å². The number of aromatic nitrogens is 2. The van der Waals surface area contributed by atoms with Gasteiger partial charge in [0.2, 0.25) is 0 Å². The first-order valence-electron chi connectivity index (χ1n) is 8.58. The molecule has 3 aromatic rings. The Labute approximate surface area is 157 Å². The first-order chi connectivity index (χ1) is 12.2. The van der Waals surface area contributed by atoms with Crippen molar-refractivity contribution in [1.82, 2.24) is 14.7 Å². The Hall–Kier alpha value is -1.75. The molecule has 1 saturated heterocycles. The average molecular weight is 375 g/mol. The van der Waals surface area contributed by atoms with Crippen LogP contribution in [-0.4, -0.2) is 35.6 Å². The normalized spacial score (nSPS) is 15.1. The third-order valence-electron chi connectivity index (χ3n) is 4.76. The Kier molecular flexibility index (Phi) is 4.59. The molecule has 1 N–H and O–H groups in total. The number of nitrogens with zero attached hydrogens (tertiary/aromatic N) is 3. The van der Waals surface area contributed by atoms with Crippen molar-refractivity contribution in [2.24, 2.45) is 0 Å². The lowest BCUT2D eigenvalue weighted by Gasteiger charge is -2.28. The number of pyridine rings is 1. The fourth-order valence-electron chi connectivity index (χ4n) is 3.42. The largest absolute Gasteiger partial charge is 0.354 e. The van der Waals surface area contributed by atoms with Gasteiger partial charge in [0, 0.05) is 53.5 Å². The molecule has 4 rings (SSSR count). The van der Waals surface area contributed by atoms with Gasteiger partial charge in [-0.1, -0.05) is 36.2 Å². The number of fused-ring (bicyclic) bond motifs is 1. The van der Waals surface area contributed by atoms with E-state index in [9.17, 15) is 0 Å². The van der Waals surface area contributed by atoms with Gasteiger partial charge < -0.3 is 10.2 Å². The topological polar surface area (TPSA) is 32.6 Å². The quantitative estimate of drug-likeness (QED) is 0.742. The molecular weight excluding hydrogens is 355 g/mol. The summed E-state index contributed by atoms with van der Waals surface area (Å²) in [7, 11) is 0. The minimum absolute atomic E-state index is 0.650. The highest BCUT2D eigenvalue weighted by Crippen LogP contribution is 2.34. The Morgan fingerprint density at radius 2 is 1.92 bits per heavy atom. The van der Waals surface area contributed by atoms with Crippen LogP contribution in [0.2, 0.25) is 10.0 Å². The summed E-state index contributed by atoms with van der Waals surface area (Å²) in [6, 6.07) is 7.84. The molecule has 0 amide bonds. The Bertz CT molecular complexity index is 913. The number of nitrogens with one attached hydrogen (secondary N) is 1. The van der Waals surface area contributed by atoms with E-state index in [1.54, 1.807) is 6.07 Å². The minimum atomic E-state index is 0.650. The first kappa shape index (κ1) is 16.7. The van der Waals surface area contributed by atoms with Gasteiger partial charge in [0.1, 0.15) is 11.5 Å². The summed E-state index contributed by atoms with van der Waals surface area (Å²) in [5.41, 5.74) is 4.34. The highest BCUT2D eigenvalue weighted by molar-refractivity contribution is 6.36. The van der Waals surface area contributed by atoms with Gasteiger partial charge in [0.25, 0.3) is 0 Å². The molecule has 0 unspecified atom stereocenters. The van der Waals surface area contributed by atoms with Crippen molar-refractivity contribution in [2.75, 3.05) is 31.1 Å². The lowest BCUT2D eigenvalue weighted by Crippen LogP contribution is -2.44. The van der Waals surface area contributed by atoms with E-state index >= 15 is 0 Å². The van der Waals surface area contributed by atoms with Crippen molar-refractivity contribution in [3.63, 3.8) is 0 Å². The zero-order valence-corrected chi connectivity index (χ0v) is 15.6. The number of anilines is 1. The van der Waals surface area contributed by atoms with Crippen LogP contribution in [0.1, 0.15) is 12.5 Å². The van der Waals surface area contributed by atoms with Gasteiger partial charge in [-0.05, 0) is 30.2 Å². The fraction of sp³-hybridized carbons (Fsp3) is 0.316. The van der Waals surface area contributed by atoms with Crippen LogP contribution in [0, 0.1) is 0 Å². The van der Waals surface area contributed by atoms with Crippen molar-refractivity contribution in [1.29, 1.82) is 0 Å². The summed E-state index contributed by atoms with van der Waals surface area (Å²) in [4.78, 5) is 6.99. The Morgan fingerprint density at radius 1 is 1.12 bits per heavy atom. The zero-order chi connectivity index (χ0) is 17.4. The van der Waals surface area contributed by atoms with Crippen molar-refractivity contribution in [3.05, 3.63) is 52.3 Å². The van der Waals surface area contributed by atoms with Crippen LogP contribution < -0.4 is 10.2 Å². The lowest BCUT2D eigenvalue weighted by molar-refractivity contribution is 0.584. The molecule has 0 radical (unpaired) electrons. The summed E-state index contributed by atoms with van der Waals surface area (Å²) in [6.07, 6.45) is 5.04. The van der Waals surface area contributed by atoms with E-state index in [4.69, 9.17) is 23.2 Å². The molecule has 0 aliphatic carbocycles. The number of hydrogen-bond acceptors (Lipinski definition) is 3. The van der Waals surface area contributed by atoms with Crippen molar-refractivity contribution in [3.8, 4) is 11.1 Å². The van der Waals surface area contributed by atoms with Crippen molar-refractivity contribution in [2.45, 2.75) is 13.3 Å². The molecule has 2 aromatic heterocycles. The molecule has 0 saturated carbocycles. The third-order valence-corrected chi connectivity index (χ3v) is 5.30. The zero-order valence-electron chi connectivity index (χ0n) is 14.1. The van der Waals surface area contributed by atoms with E-state index in [1.165, 1.54) is 5.56 Å². The molecule has 130 valence electrons. The van der Waals surface area contributed by atoms with Crippen LogP contribution in [0.5, 0.6) is 0 Å². The van der Waals surface area contributed by atoms with Gasteiger partial charge in [0.15, 0.2) is 0 Å². The molecule has 1 aromatic carbocycles. The molecule has 4 nitrogen and oxygen atoms in total. The van der Waals surface area contributed by atoms with Gasteiger partial charge in [-0.25, -0.2) is 4.98 Å². The number of rotatable bonds is 3.